The molecule has 1 aliphatic heterocycles. The summed E-state index contributed by atoms with van der Waals surface area (Å²) in [5.74, 6) is 1.88. The van der Waals surface area contributed by atoms with E-state index >= 15 is 0 Å². The largest absolute Gasteiger partial charge is 0.493 e. The highest BCUT2D eigenvalue weighted by molar-refractivity contribution is 5.61. The minimum atomic E-state index is -0.273. The molecule has 0 spiro atoms. The van der Waals surface area contributed by atoms with E-state index in [1.54, 1.807) is 19.2 Å². The second-order valence-corrected chi connectivity index (χ2v) is 2.85. The minimum Gasteiger partial charge on any atom is -0.493 e. The van der Waals surface area contributed by atoms with E-state index in [2.05, 4.69) is 0 Å². The highest BCUT2D eigenvalue weighted by Crippen LogP contribution is 2.44. The Balaban J connectivity index is 2.50. The lowest BCUT2D eigenvalue weighted by Gasteiger charge is -2.05. The first kappa shape index (κ1) is 8.04. The molecule has 2 N–H and O–H groups in total. The Labute approximate surface area is 76.2 Å². The maximum Gasteiger partial charge on any atom is 0.239 e. The van der Waals surface area contributed by atoms with Crippen LogP contribution in [-0.4, -0.2) is 13.4 Å². The van der Waals surface area contributed by atoms with Crippen LogP contribution in [0.3, 0.4) is 0 Å². The number of nitrogen functional groups attached to an aromatic ring is 1. The van der Waals surface area contributed by atoms with Crippen LogP contribution in [0.1, 0.15) is 6.92 Å². The highest BCUT2D eigenvalue weighted by Gasteiger charge is 2.24. The summed E-state index contributed by atoms with van der Waals surface area (Å²) in [5, 5.41) is 0. The van der Waals surface area contributed by atoms with Crippen molar-refractivity contribution in [1.82, 2.24) is 0 Å². The molecule has 0 amide bonds. The molecular weight excluding hydrogens is 170 g/mol. The van der Waals surface area contributed by atoms with Crippen LogP contribution in [0, 0.1) is 0 Å². The van der Waals surface area contributed by atoms with E-state index < -0.39 is 0 Å². The molecule has 70 valence electrons. The lowest BCUT2D eigenvalue weighted by molar-refractivity contribution is 0.0664. The Morgan fingerprint density at radius 3 is 2.85 bits per heavy atom. The highest BCUT2D eigenvalue weighted by atomic mass is 16.7. The summed E-state index contributed by atoms with van der Waals surface area (Å²) in [6.45, 7) is 1.82. The molecule has 1 aliphatic rings. The molecule has 13 heavy (non-hydrogen) atoms. The summed E-state index contributed by atoms with van der Waals surface area (Å²) < 4.78 is 15.8. The normalized spacial score (nSPS) is 18.8. The molecule has 1 unspecified atom stereocenters. The van der Waals surface area contributed by atoms with Gasteiger partial charge in [-0.2, -0.15) is 0 Å². The molecule has 1 aromatic carbocycles. The predicted molar refractivity (Wildman–Crippen MR) is 48.1 cm³/mol. The van der Waals surface area contributed by atoms with Crippen LogP contribution in [0.4, 0.5) is 5.69 Å². The van der Waals surface area contributed by atoms with Gasteiger partial charge in [0.15, 0.2) is 11.5 Å². The zero-order valence-electron chi connectivity index (χ0n) is 7.53. The molecule has 2 rings (SSSR count). The lowest BCUT2D eigenvalue weighted by Crippen LogP contribution is -2.11. The Kier molecular flexibility index (Phi) is 1.69. The van der Waals surface area contributed by atoms with Gasteiger partial charge in [-0.1, -0.05) is 0 Å². The number of benzene rings is 1. The molecule has 1 aromatic rings. The zero-order valence-corrected chi connectivity index (χ0v) is 7.53. The molecule has 0 fully saturated rings. The predicted octanol–water partition coefficient (Wildman–Crippen LogP) is 1.39. The molecule has 4 nitrogen and oxygen atoms in total. The number of anilines is 1. The van der Waals surface area contributed by atoms with Gasteiger partial charge in [-0.3, -0.25) is 0 Å². The molecule has 0 radical (unpaired) electrons. The summed E-state index contributed by atoms with van der Waals surface area (Å²) >= 11 is 0. The van der Waals surface area contributed by atoms with E-state index in [0.717, 1.165) is 0 Å². The third-order valence-electron chi connectivity index (χ3n) is 1.84. The van der Waals surface area contributed by atoms with E-state index in [1.807, 2.05) is 6.92 Å². The molecule has 0 bridgehead atoms. The topological polar surface area (TPSA) is 53.7 Å². The number of methoxy groups -OCH3 is 1. The first-order valence-corrected chi connectivity index (χ1v) is 4.01. The van der Waals surface area contributed by atoms with Gasteiger partial charge in [0.25, 0.3) is 0 Å². The second kappa shape index (κ2) is 2.73. The Morgan fingerprint density at radius 2 is 2.15 bits per heavy atom. The van der Waals surface area contributed by atoms with Crippen molar-refractivity contribution >= 4 is 5.69 Å². The number of fused-ring (bicyclic) bond motifs is 1. The van der Waals surface area contributed by atoms with Gasteiger partial charge in [-0.05, 0) is 0 Å². The zero-order chi connectivity index (χ0) is 9.42. The van der Waals surface area contributed by atoms with Gasteiger partial charge >= 0.3 is 0 Å². The number of rotatable bonds is 1. The van der Waals surface area contributed by atoms with Crippen molar-refractivity contribution in [1.29, 1.82) is 0 Å². The lowest BCUT2D eigenvalue weighted by atomic mass is 10.2. The van der Waals surface area contributed by atoms with Crippen molar-refractivity contribution in [3.05, 3.63) is 12.1 Å². The van der Waals surface area contributed by atoms with Crippen molar-refractivity contribution in [2.24, 2.45) is 0 Å². The van der Waals surface area contributed by atoms with Gasteiger partial charge in [-0.25, -0.2) is 0 Å². The third kappa shape index (κ3) is 1.24. The van der Waals surface area contributed by atoms with Crippen molar-refractivity contribution in [3.8, 4) is 17.2 Å². The molecule has 0 saturated carbocycles. The van der Waals surface area contributed by atoms with E-state index in [4.69, 9.17) is 19.9 Å². The van der Waals surface area contributed by atoms with Crippen molar-refractivity contribution in [2.75, 3.05) is 12.8 Å². The third-order valence-corrected chi connectivity index (χ3v) is 1.84. The first-order valence-electron chi connectivity index (χ1n) is 4.01. The Hall–Kier alpha value is -1.58. The van der Waals surface area contributed by atoms with Crippen LogP contribution in [0.5, 0.6) is 17.2 Å². The van der Waals surface area contributed by atoms with E-state index in [-0.39, 0.29) is 6.29 Å². The maximum absolute atomic E-state index is 5.64. The minimum absolute atomic E-state index is 0.273. The standard InChI is InChI=1S/C9H11NO3/c1-5-12-8-4-6(10)3-7(11-2)9(8)13-5/h3-5H,10H2,1-2H3. The molecule has 4 heteroatoms. The van der Waals surface area contributed by atoms with Crippen molar-refractivity contribution in [3.63, 3.8) is 0 Å². The molecule has 0 aliphatic carbocycles. The average Bonchev–Trinajstić information content (AvgIpc) is 2.43. The van der Waals surface area contributed by atoms with E-state index in [9.17, 15) is 0 Å². The number of hydrogen-bond acceptors (Lipinski definition) is 4. The SMILES string of the molecule is COc1cc(N)cc2c1OC(C)O2. The summed E-state index contributed by atoms with van der Waals surface area (Å²) in [6.07, 6.45) is -0.273. The van der Waals surface area contributed by atoms with Crippen molar-refractivity contribution < 1.29 is 14.2 Å². The quantitative estimate of drug-likeness (QED) is 0.665. The monoisotopic (exact) mass is 181 g/mol. The van der Waals surface area contributed by atoms with Gasteiger partial charge in [0.2, 0.25) is 12.0 Å². The Bertz CT molecular complexity index is 338. The molecule has 0 saturated heterocycles. The number of nitrogens with two attached hydrogens (primary N) is 1. The smallest absolute Gasteiger partial charge is 0.239 e. The summed E-state index contributed by atoms with van der Waals surface area (Å²) in [6, 6.07) is 3.43. The van der Waals surface area contributed by atoms with Gasteiger partial charge in [-0.15, -0.1) is 0 Å². The Morgan fingerprint density at radius 1 is 1.38 bits per heavy atom. The van der Waals surface area contributed by atoms with E-state index in [1.165, 1.54) is 0 Å². The summed E-state index contributed by atoms with van der Waals surface area (Å²) in [4.78, 5) is 0. The van der Waals surface area contributed by atoms with Crippen LogP contribution in [0.2, 0.25) is 0 Å². The summed E-state index contributed by atoms with van der Waals surface area (Å²) in [5.41, 5.74) is 6.24. The molecule has 1 heterocycles. The van der Waals surface area contributed by atoms with Crippen LogP contribution in [0.15, 0.2) is 12.1 Å². The number of hydrogen-bond donors (Lipinski definition) is 1. The van der Waals surface area contributed by atoms with Crippen LogP contribution < -0.4 is 19.9 Å². The molecular formula is C9H11NO3. The van der Waals surface area contributed by atoms with Crippen LogP contribution in [0.25, 0.3) is 0 Å². The second-order valence-electron chi connectivity index (χ2n) is 2.85. The maximum atomic E-state index is 5.64. The van der Waals surface area contributed by atoms with Gasteiger partial charge in [0.05, 0.1) is 7.11 Å². The number of ether oxygens (including phenoxy) is 3. The van der Waals surface area contributed by atoms with Crippen molar-refractivity contribution in [2.45, 2.75) is 13.2 Å². The van der Waals surface area contributed by atoms with Gasteiger partial charge < -0.3 is 19.9 Å². The molecule has 1 atom stereocenters. The van der Waals surface area contributed by atoms with Crippen LogP contribution >= 0.6 is 0 Å². The van der Waals surface area contributed by atoms with Gasteiger partial charge in [0.1, 0.15) is 0 Å². The average molecular weight is 181 g/mol. The molecule has 0 aromatic heterocycles. The fourth-order valence-electron chi connectivity index (χ4n) is 1.32. The summed E-state index contributed by atoms with van der Waals surface area (Å²) in [7, 11) is 1.57. The fraction of sp³-hybridized carbons (Fsp3) is 0.333. The first-order chi connectivity index (χ1) is 6.20. The van der Waals surface area contributed by atoms with Gasteiger partial charge in [0, 0.05) is 24.7 Å². The van der Waals surface area contributed by atoms with E-state index in [0.29, 0.717) is 22.9 Å². The van der Waals surface area contributed by atoms with Crippen LogP contribution in [-0.2, 0) is 0 Å². The fourth-order valence-corrected chi connectivity index (χ4v) is 1.32.